The molecule has 18 heavy (non-hydrogen) atoms. The van der Waals surface area contributed by atoms with Crippen LogP contribution in [0.25, 0.3) is 0 Å². The third-order valence-corrected chi connectivity index (χ3v) is 4.33. The Morgan fingerprint density at radius 2 is 2.11 bits per heavy atom. The Morgan fingerprint density at radius 1 is 1.39 bits per heavy atom. The number of pyridine rings is 1. The predicted molar refractivity (Wildman–Crippen MR) is 70.6 cm³/mol. The molecule has 0 bridgehead atoms. The normalized spacial score (nSPS) is 17.6. The number of aromatic nitrogens is 1. The number of hydrogen-bond acceptors (Lipinski definition) is 4. The lowest BCUT2D eigenvalue weighted by atomic mass is 10.3. The minimum atomic E-state index is -3.48. The average Bonchev–Trinajstić information content (AvgIpc) is 2.39. The molecule has 0 spiro atoms. The van der Waals surface area contributed by atoms with E-state index in [-0.39, 0.29) is 0 Å². The summed E-state index contributed by atoms with van der Waals surface area (Å²) in [6.45, 7) is 4.33. The van der Waals surface area contributed by atoms with Crippen molar-refractivity contribution in [1.29, 1.82) is 0 Å². The van der Waals surface area contributed by atoms with Gasteiger partial charge in [-0.3, -0.25) is 4.72 Å². The van der Waals surface area contributed by atoms with Crippen molar-refractivity contribution >= 4 is 16.0 Å². The van der Waals surface area contributed by atoms with Crippen LogP contribution in [0.4, 0.5) is 5.82 Å². The van der Waals surface area contributed by atoms with E-state index in [0.717, 1.165) is 12.1 Å². The summed E-state index contributed by atoms with van der Waals surface area (Å²) in [4.78, 5) is 4.24. The van der Waals surface area contributed by atoms with Crippen molar-refractivity contribution in [2.24, 2.45) is 0 Å². The van der Waals surface area contributed by atoms with E-state index in [2.05, 4.69) is 15.0 Å². The number of hydrogen-bond donors (Lipinski definition) is 2. The maximum atomic E-state index is 12.1. The number of aryl methyl sites for hydroxylation is 1. The second-order valence-electron chi connectivity index (χ2n) is 4.12. The van der Waals surface area contributed by atoms with Gasteiger partial charge >= 0.3 is 10.2 Å². The fourth-order valence-electron chi connectivity index (χ4n) is 1.81. The Kier molecular flexibility index (Phi) is 4.15. The third-order valence-electron chi connectivity index (χ3n) is 2.82. The highest BCUT2D eigenvalue weighted by Gasteiger charge is 2.23. The Morgan fingerprint density at radius 3 is 2.78 bits per heavy atom. The SMILES string of the molecule is CCc1cccc(NS(=O)(=O)N2CCNCC2)n1. The van der Waals surface area contributed by atoms with E-state index in [9.17, 15) is 8.42 Å². The molecule has 1 aromatic rings. The van der Waals surface area contributed by atoms with Crippen molar-refractivity contribution in [3.63, 3.8) is 0 Å². The Balaban J connectivity index is 2.11. The van der Waals surface area contributed by atoms with Crippen LogP contribution in [0.15, 0.2) is 18.2 Å². The lowest BCUT2D eigenvalue weighted by Gasteiger charge is -2.26. The Hall–Kier alpha value is -1.18. The molecule has 1 aliphatic heterocycles. The molecule has 0 unspecified atom stereocenters. The van der Waals surface area contributed by atoms with Gasteiger partial charge in [-0.05, 0) is 18.6 Å². The fraction of sp³-hybridized carbons (Fsp3) is 0.545. The summed E-state index contributed by atoms with van der Waals surface area (Å²) in [5, 5.41) is 3.12. The molecule has 1 fully saturated rings. The quantitative estimate of drug-likeness (QED) is 0.820. The Bertz CT molecular complexity index is 498. The highest BCUT2D eigenvalue weighted by Crippen LogP contribution is 2.10. The minimum absolute atomic E-state index is 0.382. The molecular formula is C11H18N4O2S. The zero-order chi connectivity index (χ0) is 13.0. The first-order valence-electron chi connectivity index (χ1n) is 6.06. The summed E-state index contributed by atoms with van der Waals surface area (Å²) >= 11 is 0. The number of anilines is 1. The molecule has 2 N–H and O–H groups in total. The minimum Gasteiger partial charge on any atom is -0.314 e. The molecule has 1 aromatic heterocycles. The molecule has 6 nitrogen and oxygen atoms in total. The predicted octanol–water partition coefficient (Wildman–Crippen LogP) is 0.206. The zero-order valence-electron chi connectivity index (χ0n) is 10.4. The van der Waals surface area contributed by atoms with E-state index in [0.29, 0.717) is 32.0 Å². The molecule has 7 heteroatoms. The van der Waals surface area contributed by atoms with Gasteiger partial charge in [0.25, 0.3) is 0 Å². The molecule has 0 atom stereocenters. The van der Waals surface area contributed by atoms with Crippen molar-refractivity contribution in [3.05, 3.63) is 23.9 Å². The standard InChI is InChI=1S/C11H18N4O2S/c1-2-10-4-3-5-11(13-10)14-18(16,17)15-8-6-12-7-9-15/h3-5,12H,2,6-9H2,1H3,(H,13,14). The third kappa shape index (κ3) is 3.18. The summed E-state index contributed by atoms with van der Waals surface area (Å²) in [6, 6.07) is 5.35. The van der Waals surface area contributed by atoms with Crippen LogP contribution < -0.4 is 10.0 Å². The summed E-state index contributed by atoms with van der Waals surface area (Å²) in [5.41, 5.74) is 0.871. The smallest absolute Gasteiger partial charge is 0.302 e. The van der Waals surface area contributed by atoms with Gasteiger partial charge in [0.05, 0.1) is 0 Å². The topological polar surface area (TPSA) is 74.3 Å². The highest BCUT2D eigenvalue weighted by atomic mass is 32.2. The fourth-order valence-corrected chi connectivity index (χ4v) is 2.99. The first-order chi connectivity index (χ1) is 8.62. The summed E-state index contributed by atoms with van der Waals surface area (Å²) < 4.78 is 28.2. The summed E-state index contributed by atoms with van der Waals surface area (Å²) in [5.74, 6) is 0.382. The van der Waals surface area contributed by atoms with Gasteiger partial charge in [-0.2, -0.15) is 12.7 Å². The molecule has 0 aromatic carbocycles. The van der Waals surface area contributed by atoms with E-state index in [4.69, 9.17) is 0 Å². The molecule has 0 saturated carbocycles. The monoisotopic (exact) mass is 270 g/mol. The lowest BCUT2D eigenvalue weighted by Crippen LogP contribution is -2.48. The van der Waals surface area contributed by atoms with Gasteiger partial charge in [-0.25, -0.2) is 4.98 Å². The van der Waals surface area contributed by atoms with Crippen molar-refractivity contribution < 1.29 is 8.42 Å². The van der Waals surface area contributed by atoms with Crippen molar-refractivity contribution in [3.8, 4) is 0 Å². The maximum absolute atomic E-state index is 12.1. The van der Waals surface area contributed by atoms with E-state index in [1.165, 1.54) is 4.31 Å². The Labute approximate surface area is 108 Å². The average molecular weight is 270 g/mol. The number of rotatable bonds is 4. The molecule has 0 amide bonds. The van der Waals surface area contributed by atoms with E-state index < -0.39 is 10.2 Å². The molecule has 0 aliphatic carbocycles. The lowest BCUT2D eigenvalue weighted by molar-refractivity contribution is 0.362. The highest BCUT2D eigenvalue weighted by molar-refractivity contribution is 7.90. The van der Waals surface area contributed by atoms with Crippen molar-refractivity contribution in [1.82, 2.24) is 14.6 Å². The molecule has 2 rings (SSSR count). The van der Waals surface area contributed by atoms with Crippen molar-refractivity contribution in [2.75, 3.05) is 30.9 Å². The molecule has 100 valence electrons. The molecule has 2 heterocycles. The largest absolute Gasteiger partial charge is 0.314 e. The van der Waals surface area contributed by atoms with Crippen LogP contribution in [0.1, 0.15) is 12.6 Å². The molecule has 1 saturated heterocycles. The van der Waals surface area contributed by atoms with Crippen LogP contribution in [0.5, 0.6) is 0 Å². The van der Waals surface area contributed by atoms with Crippen LogP contribution in [0.2, 0.25) is 0 Å². The van der Waals surface area contributed by atoms with Crippen LogP contribution in [0.3, 0.4) is 0 Å². The van der Waals surface area contributed by atoms with Gasteiger partial charge in [0.15, 0.2) is 0 Å². The molecule has 0 radical (unpaired) electrons. The van der Waals surface area contributed by atoms with Gasteiger partial charge in [-0.1, -0.05) is 13.0 Å². The van der Waals surface area contributed by atoms with Crippen LogP contribution in [-0.4, -0.2) is 43.9 Å². The van der Waals surface area contributed by atoms with Crippen molar-refractivity contribution in [2.45, 2.75) is 13.3 Å². The van der Waals surface area contributed by atoms with Gasteiger partial charge in [0, 0.05) is 31.9 Å². The van der Waals surface area contributed by atoms with Crippen LogP contribution >= 0.6 is 0 Å². The van der Waals surface area contributed by atoms with E-state index in [1.807, 2.05) is 13.0 Å². The molecular weight excluding hydrogens is 252 g/mol. The summed E-state index contributed by atoms with van der Waals surface area (Å²) in [7, 11) is -3.48. The van der Waals surface area contributed by atoms with E-state index >= 15 is 0 Å². The first-order valence-corrected chi connectivity index (χ1v) is 7.50. The molecule has 1 aliphatic rings. The van der Waals surface area contributed by atoms with E-state index in [1.54, 1.807) is 12.1 Å². The number of nitrogens with zero attached hydrogens (tertiary/aromatic N) is 2. The first kappa shape index (κ1) is 13.3. The van der Waals surface area contributed by atoms with Gasteiger partial charge < -0.3 is 5.32 Å². The number of nitrogens with one attached hydrogen (secondary N) is 2. The van der Waals surface area contributed by atoms with Crippen LogP contribution in [-0.2, 0) is 16.6 Å². The second-order valence-corrected chi connectivity index (χ2v) is 5.79. The summed E-state index contributed by atoms with van der Waals surface area (Å²) in [6.07, 6.45) is 0.781. The van der Waals surface area contributed by atoms with Gasteiger partial charge in [-0.15, -0.1) is 0 Å². The zero-order valence-corrected chi connectivity index (χ0v) is 11.2. The second kappa shape index (κ2) is 5.64. The maximum Gasteiger partial charge on any atom is 0.302 e. The van der Waals surface area contributed by atoms with Gasteiger partial charge in [0.1, 0.15) is 5.82 Å². The van der Waals surface area contributed by atoms with Crippen LogP contribution in [0, 0.1) is 0 Å². The van der Waals surface area contributed by atoms with Gasteiger partial charge in [0.2, 0.25) is 0 Å². The number of piperazine rings is 1.